The fourth-order valence-electron chi connectivity index (χ4n) is 3.15. The van der Waals surface area contributed by atoms with E-state index in [4.69, 9.17) is 2.64 Å². The second-order valence-corrected chi connectivity index (χ2v) is 12.9. The van der Waals surface area contributed by atoms with E-state index < -0.39 is 25.0 Å². The van der Waals surface area contributed by atoms with Crippen molar-refractivity contribution in [3.05, 3.63) is 42.5 Å². The van der Waals surface area contributed by atoms with E-state index in [9.17, 15) is 4.79 Å². The first kappa shape index (κ1) is 24.4. The van der Waals surface area contributed by atoms with E-state index >= 15 is 0 Å². The second-order valence-electron chi connectivity index (χ2n) is 7.48. The Kier molecular flexibility index (Phi) is 16.9. The fourth-order valence-corrected chi connectivity index (χ4v) is 6.79. The number of carbonyl (C=O) groups is 1. The summed E-state index contributed by atoms with van der Waals surface area (Å²) >= 11 is -1.65. The van der Waals surface area contributed by atoms with Crippen LogP contribution in [0.2, 0.25) is 0 Å². The van der Waals surface area contributed by atoms with Crippen molar-refractivity contribution in [1.29, 1.82) is 0 Å². The SMILES string of the molecule is CCCCCCCC/C=C\CCCCCCCC(=O)[O][Hg][c]1ccccc1. The van der Waals surface area contributed by atoms with Gasteiger partial charge in [0.15, 0.2) is 0 Å². The number of hydrogen-bond acceptors (Lipinski definition) is 2. The average Bonchev–Trinajstić information content (AvgIpc) is 2.70. The Morgan fingerprint density at radius 2 is 1.37 bits per heavy atom. The maximum absolute atomic E-state index is 11.8. The van der Waals surface area contributed by atoms with Crippen molar-refractivity contribution in [1.82, 2.24) is 0 Å². The number of unbranched alkanes of at least 4 members (excludes halogenated alkanes) is 11. The topological polar surface area (TPSA) is 26.3 Å². The Hall–Kier alpha value is -0.635. The van der Waals surface area contributed by atoms with Crippen molar-refractivity contribution in [2.45, 2.75) is 96.8 Å². The van der Waals surface area contributed by atoms with Gasteiger partial charge in [0.05, 0.1) is 0 Å². The molecule has 0 N–H and O–H groups in total. The van der Waals surface area contributed by atoms with Gasteiger partial charge in [-0.1, -0.05) is 39.0 Å². The van der Waals surface area contributed by atoms with Gasteiger partial charge in [-0.05, 0) is 6.42 Å². The van der Waals surface area contributed by atoms with Crippen LogP contribution in [0.5, 0.6) is 0 Å². The van der Waals surface area contributed by atoms with Gasteiger partial charge in [0.25, 0.3) is 0 Å². The van der Waals surface area contributed by atoms with Crippen LogP contribution in [-0.2, 0) is 32.5 Å². The van der Waals surface area contributed by atoms with Crippen molar-refractivity contribution >= 4 is 9.04 Å². The molecule has 3 heteroatoms. The van der Waals surface area contributed by atoms with Crippen molar-refractivity contribution < 1.29 is 32.5 Å². The number of allylic oxidation sites excluding steroid dienone is 2. The molecule has 0 aliphatic heterocycles. The molecule has 0 spiro atoms. The van der Waals surface area contributed by atoms with Gasteiger partial charge < -0.3 is 0 Å². The van der Waals surface area contributed by atoms with Crippen LogP contribution in [0.15, 0.2) is 42.5 Å². The van der Waals surface area contributed by atoms with Gasteiger partial charge in [-0.25, -0.2) is 0 Å². The summed E-state index contributed by atoms with van der Waals surface area (Å²) in [6.07, 6.45) is 22.0. The van der Waals surface area contributed by atoms with Gasteiger partial charge in [-0.3, -0.25) is 0 Å². The molecule has 1 rings (SSSR count). The van der Waals surface area contributed by atoms with E-state index in [1.807, 2.05) is 18.2 Å². The van der Waals surface area contributed by atoms with Gasteiger partial charge in [0, 0.05) is 0 Å². The van der Waals surface area contributed by atoms with Crippen LogP contribution in [0.4, 0.5) is 0 Å². The third-order valence-corrected chi connectivity index (χ3v) is 9.83. The van der Waals surface area contributed by atoms with Crippen LogP contribution in [0.1, 0.15) is 96.8 Å². The Morgan fingerprint density at radius 3 is 2.00 bits per heavy atom. The number of carbonyl (C=O) groups excluding carboxylic acids is 1. The first-order valence-corrected chi connectivity index (χ1v) is 16.2. The summed E-state index contributed by atoms with van der Waals surface area (Å²) < 4.78 is 6.79. The molecule has 0 radical (unpaired) electrons. The van der Waals surface area contributed by atoms with Crippen molar-refractivity contribution in [3.63, 3.8) is 0 Å². The van der Waals surface area contributed by atoms with E-state index in [2.05, 4.69) is 31.2 Å². The molecule has 0 amide bonds. The van der Waals surface area contributed by atoms with E-state index in [1.54, 1.807) is 0 Å². The van der Waals surface area contributed by atoms with E-state index in [0.29, 0.717) is 6.42 Å². The normalized spacial score (nSPS) is 10.9. The monoisotopic (exact) mass is 560 g/mol. The summed E-state index contributed by atoms with van der Waals surface area (Å²) in [7, 11) is 0. The van der Waals surface area contributed by atoms with Crippen molar-refractivity contribution in [2.24, 2.45) is 0 Å². The first-order chi connectivity index (χ1) is 13.3. The second kappa shape index (κ2) is 18.7. The summed E-state index contributed by atoms with van der Waals surface area (Å²) in [6, 6.07) is 10.2. The predicted molar refractivity (Wildman–Crippen MR) is 112 cm³/mol. The van der Waals surface area contributed by atoms with Crippen LogP contribution in [0, 0.1) is 0 Å². The van der Waals surface area contributed by atoms with Gasteiger partial charge in [0.2, 0.25) is 0 Å². The van der Waals surface area contributed by atoms with Crippen molar-refractivity contribution in [2.75, 3.05) is 0 Å². The van der Waals surface area contributed by atoms with Crippen LogP contribution in [0.25, 0.3) is 0 Å². The minimum atomic E-state index is -1.65. The van der Waals surface area contributed by atoms with E-state index in [1.165, 1.54) is 73.7 Å². The minimum absolute atomic E-state index is 0.0261. The molecule has 0 fully saturated rings. The summed E-state index contributed by atoms with van der Waals surface area (Å²) in [6.45, 7) is 2.27. The summed E-state index contributed by atoms with van der Waals surface area (Å²) in [5.74, 6) is 0.0261. The van der Waals surface area contributed by atoms with Crippen LogP contribution >= 0.6 is 0 Å². The van der Waals surface area contributed by atoms with E-state index in [-0.39, 0.29) is 5.97 Å². The zero-order valence-electron chi connectivity index (χ0n) is 17.5. The van der Waals surface area contributed by atoms with Gasteiger partial charge in [-0.15, -0.1) is 0 Å². The van der Waals surface area contributed by atoms with Crippen LogP contribution in [0.3, 0.4) is 0 Å². The maximum atomic E-state index is 11.8. The molecule has 0 saturated carbocycles. The standard InChI is InChI=1S/C18H34O2.C6H5.Hg/c1-2-3-4-5-6-7-8-9-10-11-12-13-14-15-16-17-18(19)20;1-2-4-6-5-3-1;/h9-10H,2-8,11-17H2,1H3,(H,19,20);1-5H;/q;;+1/p-1/b10-9-;;. The Morgan fingerprint density at radius 1 is 0.815 bits per heavy atom. The molecule has 0 aliphatic rings. The molecule has 0 heterocycles. The third kappa shape index (κ3) is 16.1. The molecule has 27 heavy (non-hydrogen) atoms. The quantitative estimate of drug-likeness (QED) is 0.118. The molecule has 1 aromatic carbocycles. The van der Waals surface area contributed by atoms with Crippen LogP contribution in [-0.4, -0.2) is 5.97 Å². The van der Waals surface area contributed by atoms with Crippen molar-refractivity contribution in [3.8, 4) is 0 Å². The summed E-state index contributed by atoms with van der Waals surface area (Å²) in [5.41, 5.74) is 0. The number of rotatable bonds is 17. The first-order valence-electron chi connectivity index (χ1n) is 11.2. The van der Waals surface area contributed by atoms with Gasteiger partial charge in [-0.2, -0.15) is 0 Å². The molecule has 0 unspecified atom stereocenters. The average molecular weight is 559 g/mol. The van der Waals surface area contributed by atoms with Gasteiger partial charge in [0.1, 0.15) is 0 Å². The molecule has 148 valence electrons. The van der Waals surface area contributed by atoms with E-state index in [0.717, 1.165) is 12.8 Å². The molecular weight excluding hydrogens is 521 g/mol. The molecular formula is C24H38HgO2. The molecule has 0 bridgehead atoms. The van der Waals surface area contributed by atoms with Gasteiger partial charge >= 0.3 is 135 Å². The molecule has 1 aromatic rings. The molecule has 0 saturated heterocycles. The molecule has 0 aromatic heterocycles. The number of benzene rings is 1. The van der Waals surface area contributed by atoms with Crippen LogP contribution < -0.4 is 3.07 Å². The predicted octanol–water partition coefficient (Wildman–Crippen LogP) is 6.89. The zero-order valence-corrected chi connectivity index (χ0v) is 23.0. The summed E-state index contributed by atoms with van der Waals surface area (Å²) in [4.78, 5) is 11.8. The third-order valence-electron chi connectivity index (χ3n) is 4.89. The molecule has 2 nitrogen and oxygen atoms in total. The number of hydrogen-bond donors (Lipinski definition) is 0. The molecule has 0 aliphatic carbocycles. The summed E-state index contributed by atoms with van der Waals surface area (Å²) in [5, 5.41) is 0. The Balaban J connectivity index is 1.82. The Labute approximate surface area is 180 Å². The molecule has 0 atom stereocenters. The fraction of sp³-hybridized carbons (Fsp3) is 0.625. The Bertz CT molecular complexity index is 484. The zero-order chi connectivity index (χ0) is 19.4.